The Kier molecular flexibility index (Phi) is 6.77. The first-order valence-corrected chi connectivity index (χ1v) is 12.9. The lowest BCUT2D eigenvalue weighted by molar-refractivity contribution is -0.577. The average molecular weight is 475 g/mol. The number of rotatable bonds is 8. The summed E-state index contributed by atoms with van der Waals surface area (Å²) in [4.78, 5) is 23.8. The number of ketones is 1. The van der Waals surface area contributed by atoms with Gasteiger partial charge in [0.1, 0.15) is 5.75 Å². The van der Waals surface area contributed by atoms with E-state index < -0.39 is 17.7 Å². The maximum absolute atomic E-state index is 11.8. The van der Waals surface area contributed by atoms with Crippen molar-refractivity contribution < 1.29 is 33.5 Å². The van der Waals surface area contributed by atoms with Crippen LogP contribution >= 0.6 is 0 Å². The van der Waals surface area contributed by atoms with Gasteiger partial charge in [-0.15, -0.1) is 0 Å². The Morgan fingerprint density at radius 3 is 2.62 bits per heavy atom. The molecule has 1 aromatic rings. The molecule has 0 N–H and O–H groups in total. The maximum atomic E-state index is 11.8. The summed E-state index contributed by atoms with van der Waals surface area (Å²) in [6.07, 6.45) is 4.48. The molecule has 1 aliphatic carbocycles. The third kappa shape index (κ3) is 4.20. The van der Waals surface area contributed by atoms with E-state index in [1.165, 1.54) is 6.42 Å². The zero-order valence-electron chi connectivity index (χ0n) is 20.8. The van der Waals surface area contributed by atoms with Crippen molar-refractivity contribution in [3.63, 3.8) is 0 Å². The Morgan fingerprint density at radius 2 is 1.85 bits per heavy atom. The van der Waals surface area contributed by atoms with E-state index in [0.29, 0.717) is 31.5 Å². The maximum Gasteiger partial charge on any atom is 0.201 e. The molecule has 2 bridgehead atoms. The SMILES string of the molecule is CCC(=O)c1ccc(OCCCO[C@H]2O[C@@H]3O[C@@]4(C)CCC5[C@H](C)CC[C@@H]([C@H]2C)[C@]53OO4)cc1. The third-order valence-corrected chi connectivity index (χ3v) is 8.43. The first-order valence-electron chi connectivity index (χ1n) is 12.9. The Bertz CT molecular complexity index is 872. The Balaban J connectivity index is 1.17. The fourth-order valence-corrected chi connectivity index (χ4v) is 6.45. The fourth-order valence-electron chi connectivity index (χ4n) is 6.45. The summed E-state index contributed by atoms with van der Waals surface area (Å²) in [5.74, 6) is 1.47. The van der Waals surface area contributed by atoms with Crippen LogP contribution < -0.4 is 4.74 Å². The topological polar surface area (TPSA) is 72.5 Å². The monoisotopic (exact) mass is 474 g/mol. The molecule has 0 radical (unpaired) electrons. The first-order chi connectivity index (χ1) is 16.4. The predicted octanol–water partition coefficient (Wildman–Crippen LogP) is 5.27. The van der Waals surface area contributed by atoms with E-state index in [0.717, 1.165) is 37.0 Å². The molecule has 6 rings (SSSR count). The van der Waals surface area contributed by atoms with Crippen LogP contribution in [0.2, 0.25) is 0 Å². The quantitative estimate of drug-likeness (QED) is 0.289. The van der Waals surface area contributed by atoms with Gasteiger partial charge >= 0.3 is 0 Å². The van der Waals surface area contributed by atoms with Crippen LogP contribution in [-0.2, 0) is 24.0 Å². The van der Waals surface area contributed by atoms with E-state index in [1.54, 1.807) is 0 Å². The predicted molar refractivity (Wildman–Crippen MR) is 124 cm³/mol. The van der Waals surface area contributed by atoms with Crippen LogP contribution in [0.4, 0.5) is 0 Å². The lowest BCUT2D eigenvalue weighted by atomic mass is 9.58. The van der Waals surface area contributed by atoms with Crippen LogP contribution in [0.1, 0.15) is 76.6 Å². The van der Waals surface area contributed by atoms with Crippen molar-refractivity contribution in [2.24, 2.45) is 23.7 Å². The van der Waals surface area contributed by atoms with Gasteiger partial charge in [-0.25, -0.2) is 9.78 Å². The fraction of sp³-hybridized carbons (Fsp3) is 0.741. The molecule has 4 saturated heterocycles. The van der Waals surface area contributed by atoms with Gasteiger partial charge in [0, 0.05) is 36.7 Å². The van der Waals surface area contributed by atoms with Gasteiger partial charge in [0.05, 0.1) is 13.2 Å². The van der Waals surface area contributed by atoms with Gasteiger partial charge in [-0.1, -0.05) is 20.8 Å². The number of fused-ring (bicyclic) bond motifs is 2. The average Bonchev–Trinajstić information content (AvgIpc) is 3.07. The number of hydrogen-bond acceptors (Lipinski definition) is 7. The highest BCUT2D eigenvalue weighted by Gasteiger charge is 2.69. The molecule has 0 amide bonds. The van der Waals surface area contributed by atoms with Crippen molar-refractivity contribution in [3.8, 4) is 5.75 Å². The molecule has 8 atom stereocenters. The van der Waals surface area contributed by atoms with Gasteiger partial charge in [-0.05, 0) is 62.3 Å². The van der Waals surface area contributed by atoms with Crippen LogP contribution in [0.15, 0.2) is 24.3 Å². The third-order valence-electron chi connectivity index (χ3n) is 8.43. The van der Waals surface area contributed by atoms with E-state index in [9.17, 15) is 4.79 Å². The van der Waals surface area contributed by atoms with E-state index >= 15 is 0 Å². The number of benzene rings is 1. The van der Waals surface area contributed by atoms with Crippen LogP contribution in [-0.4, -0.2) is 43.0 Å². The lowest BCUT2D eigenvalue weighted by Crippen LogP contribution is -2.70. The zero-order valence-corrected chi connectivity index (χ0v) is 20.8. The van der Waals surface area contributed by atoms with Crippen LogP contribution in [0, 0.1) is 23.7 Å². The molecule has 5 fully saturated rings. The second-order valence-corrected chi connectivity index (χ2v) is 10.6. The summed E-state index contributed by atoms with van der Waals surface area (Å²) < 4.78 is 24.9. The summed E-state index contributed by atoms with van der Waals surface area (Å²) >= 11 is 0. The first kappa shape index (κ1) is 24.2. The molecule has 4 aliphatic heterocycles. The molecule has 7 heteroatoms. The molecule has 5 aliphatic rings. The second-order valence-electron chi connectivity index (χ2n) is 10.6. The number of carbonyl (C=O) groups excluding carboxylic acids is 1. The molecule has 1 saturated carbocycles. The normalized spacial score (nSPS) is 40.9. The van der Waals surface area contributed by atoms with E-state index in [-0.39, 0.29) is 23.9 Å². The lowest BCUT2D eigenvalue weighted by Gasteiger charge is -2.60. The standard InChI is InChI=1S/C27H38O7/c1-5-23(28)19-8-10-20(11-9-19)29-15-6-16-30-24-18(3)22-12-7-17(2)21-13-14-26(4)32-25(31-24)27(21,22)34-33-26/h8-11,17-18,21-22,24-25H,5-7,12-16H2,1-4H3/t17-,18-,21?,22+,24+,25-,26-,27-/m1/s1. The Hall–Kier alpha value is -1.51. The van der Waals surface area contributed by atoms with Gasteiger partial charge in [0.25, 0.3) is 0 Å². The highest BCUT2D eigenvalue weighted by molar-refractivity contribution is 5.95. The minimum atomic E-state index is -0.770. The number of Topliss-reactive ketones (excluding diaryl/α,β-unsaturated/α-hetero) is 1. The molecule has 1 unspecified atom stereocenters. The van der Waals surface area contributed by atoms with E-state index in [1.807, 2.05) is 38.1 Å². The number of hydrogen-bond donors (Lipinski definition) is 0. The van der Waals surface area contributed by atoms with Crippen molar-refractivity contribution in [2.45, 2.75) is 90.2 Å². The van der Waals surface area contributed by atoms with E-state index in [2.05, 4.69) is 13.8 Å². The van der Waals surface area contributed by atoms with Crippen LogP contribution in [0.5, 0.6) is 5.75 Å². The minimum absolute atomic E-state index is 0.138. The summed E-state index contributed by atoms with van der Waals surface area (Å²) in [5.41, 5.74) is 0.165. The molecule has 4 heterocycles. The summed E-state index contributed by atoms with van der Waals surface area (Å²) in [6, 6.07) is 7.32. The minimum Gasteiger partial charge on any atom is -0.494 e. The Labute approximate surface area is 202 Å². The highest BCUT2D eigenvalue weighted by atomic mass is 17.3. The molecular weight excluding hydrogens is 436 g/mol. The second kappa shape index (κ2) is 9.51. The smallest absolute Gasteiger partial charge is 0.201 e. The van der Waals surface area contributed by atoms with Crippen molar-refractivity contribution in [1.82, 2.24) is 0 Å². The molecule has 1 aromatic carbocycles. The largest absolute Gasteiger partial charge is 0.494 e. The van der Waals surface area contributed by atoms with Gasteiger partial charge in [-0.2, -0.15) is 0 Å². The summed E-state index contributed by atoms with van der Waals surface area (Å²) in [6.45, 7) is 9.39. The molecule has 0 aromatic heterocycles. The van der Waals surface area contributed by atoms with E-state index in [4.69, 9.17) is 28.7 Å². The summed E-state index contributed by atoms with van der Waals surface area (Å²) in [5, 5.41) is 0. The highest BCUT2D eigenvalue weighted by Crippen LogP contribution is 2.60. The van der Waals surface area contributed by atoms with Crippen molar-refractivity contribution in [3.05, 3.63) is 29.8 Å². The molecular formula is C27H38O7. The molecule has 34 heavy (non-hydrogen) atoms. The van der Waals surface area contributed by atoms with Crippen molar-refractivity contribution in [1.29, 1.82) is 0 Å². The molecule has 1 spiro atoms. The van der Waals surface area contributed by atoms with Gasteiger partial charge in [0.2, 0.25) is 5.79 Å². The summed E-state index contributed by atoms with van der Waals surface area (Å²) in [7, 11) is 0. The van der Waals surface area contributed by atoms with Gasteiger partial charge in [-0.3, -0.25) is 4.79 Å². The zero-order chi connectivity index (χ0) is 23.9. The van der Waals surface area contributed by atoms with Crippen LogP contribution in [0.25, 0.3) is 0 Å². The van der Waals surface area contributed by atoms with Gasteiger partial charge in [0.15, 0.2) is 24.0 Å². The number of ether oxygens (including phenoxy) is 4. The number of carbonyl (C=O) groups is 1. The van der Waals surface area contributed by atoms with Crippen molar-refractivity contribution >= 4 is 5.78 Å². The van der Waals surface area contributed by atoms with Crippen molar-refractivity contribution in [2.75, 3.05) is 13.2 Å². The van der Waals surface area contributed by atoms with Gasteiger partial charge < -0.3 is 18.9 Å². The Morgan fingerprint density at radius 1 is 1.06 bits per heavy atom. The molecule has 188 valence electrons. The van der Waals surface area contributed by atoms with Crippen LogP contribution in [0.3, 0.4) is 0 Å². The molecule has 7 nitrogen and oxygen atoms in total.